The van der Waals surface area contributed by atoms with Crippen LogP contribution in [0.25, 0.3) is 0 Å². The molecule has 2 amide bonds. The minimum atomic E-state index is -0.401. The maximum absolute atomic E-state index is 11.7. The highest BCUT2D eigenvalue weighted by molar-refractivity contribution is 6.33. The number of nitrogens with zero attached hydrogens (tertiary/aromatic N) is 3. The Morgan fingerprint density at radius 3 is 2.96 bits per heavy atom. The van der Waals surface area contributed by atoms with E-state index < -0.39 is 6.03 Å². The predicted molar refractivity (Wildman–Crippen MR) is 99.8 cm³/mol. The van der Waals surface area contributed by atoms with Gasteiger partial charge in [0, 0.05) is 12.6 Å². The van der Waals surface area contributed by atoms with Crippen molar-refractivity contribution in [1.29, 1.82) is 0 Å². The Bertz CT molecular complexity index is 828. The van der Waals surface area contributed by atoms with Crippen LogP contribution in [0.5, 0.6) is 11.6 Å². The molecule has 9 nitrogen and oxygen atoms in total. The molecular weight excluding hydrogens is 360 g/mol. The number of ether oxygens (including phenoxy) is 1. The van der Waals surface area contributed by atoms with Crippen LogP contribution in [0, 0.1) is 0 Å². The minimum Gasteiger partial charge on any atom is -0.438 e. The molecule has 0 fully saturated rings. The number of nitrogens with two attached hydrogens (primary N) is 1. The lowest BCUT2D eigenvalue weighted by Gasteiger charge is -2.11. The van der Waals surface area contributed by atoms with Crippen LogP contribution in [-0.2, 0) is 4.84 Å². The van der Waals surface area contributed by atoms with Gasteiger partial charge in [-0.15, -0.1) is 6.58 Å². The monoisotopic (exact) mass is 376 g/mol. The van der Waals surface area contributed by atoms with Gasteiger partial charge in [0.15, 0.2) is 0 Å². The molecule has 0 atom stereocenters. The van der Waals surface area contributed by atoms with E-state index in [0.717, 1.165) is 0 Å². The van der Waals surface area contributed by atoms with Crippen LogP contribution in [0.2, 0.25) is 5.02 Å². The molecule has 4 N–H and O–H groups in total. The number of amides is 2. The first kappa shape index (κ1) is 19.0. The molecule has 136 valence electrons. The van der Waals surface area contributed by atoms with Crippen LogP contribution in [0.4, 0.5) is 16.3 Å². The van der Waals surface area contributed by atoms with E-state index in [2.05, 4.69) is 37.2 Å². The molecule has 26 heavy (non-hydrogen) atoms. The average Bonchev–Trinajstić information content (AvgIpc) is 2.62. The van der Waals surface area contributed by atoms with Gasteiger partial charge in [-0.25, -0.2) is 14.8 Å². The van der Waals surface area contributed by atoms with Gasteiger partial charge in [-0.2, -0.15) is 0 Å². The highest BCUT2D eigenvalue weighted by Crippen LogP contribution is 2.30. The highest BCUT2D eigenvalue weighted by Gasteiger charge is 2.12. The summed E-state index contributed by atoms with van der Waals surface area (Å²) in [6.07, 6.45) is 4.17. The van der Waals surface area contributed by atoms with Gasteiger partial charge < -0.3 is 25.9 Å². The molecule has 1 heterocycles. The van der Waals surface area contributed by atoms with Crippen molar-refractivity contribution >= 4 is 35.4 Å². The van der Waals surface area contributed by atoms with E-state index in [1.807, 2.05) is 0 Å². The Labute approximate surface area is 154 Å². The molecular formula is C16H17ClN6O3. The van der Waals surface area contributed by atoms with Crippen LogP contribution in [-0.4, -0.2) is 35.9 Å². The largest absolute Gasteiger partial charge is 0.438 e. The molecule has 2 rings (SSSR count). The third-order valence-electron chi connectivity index (χ3n) is 2.98. The van der Waals surface area contributed by atoms with Crippen molar-refractivity contribution in [3.63, 3.8) is 0 Å². The number of urea groups is 1. The van der Waals surface area contributed by atoms with Crippen molar-refractivity contribution in [2.75, 3.05) is 24.7 Å². The van der Waals surface area contributed by atoms with Gasteiger partial charge in [-0.1, -0.05) is 22.8 Å². The van der Waals surface area contributed by atoms with E-state index in [9.17, 15) is 4.79 Å². The fourth-order valence-electron chi connectivity index (χ4n) is 1.80. The lowest BCUT2D eigenvalue weighted by Crippen LogP contribution is -2.28. The molecule has 1 aromatic carbocycles. The summed E-state index contributed by atoms with van der Waals surface area (Å²) in [5.41, 5.74) is 6.58. The predicted octanol–water partition coefficient (Wildman–Crippen LogP) is 2.79. The number of halogens is 1. The minimum absolute atomic E-state index is 0.179. The molecule has 2 aromatic rings. The molecule has 0 bridgehead atoms. The molecule has 0 unspecified atom stereocenters. The van der Waals surface area contributed by atoms with Crippen molar-refractivity contribution in [2.45, 2.75) is 0 Å². The smallest absolute Gasteiger partial charge is 0.319 e. The number of carbonyl (C=O) groups is 1. The number of nitrogen functional groups attached to an aromatic ring is 1. The fraction of sp³-hybridized carbons (Fsp3) is 0.125. The molecule has 0 spiro atoms. The number of benzene rings is 1. The molecule has 0 aliphatic heterocycles. The summed E-state index contributed by atoms with van der Waals surface area (Å²) in [5.74, 6) is 0.745. The molecule has 0 saturated heterocycles. The second-order valence-corrected chi connectivity index (χ2v) is 5.17. The van der Waals surface area contributed by atoms with E-state index in [4.69, 9.17) is 22.1 Å². The van der Waals surface area contributed by atoms with E-state index in [0.29, 0.717) is 23.5 Å². The Balaban J connectivity index is 2.18. The third kappa shape index (κ3) is 5.08. The Kier molecular flexibility index (Phi) is 6.75. The van der Waals surface area contributed by atoms with Crippen LogP contribution >= 0.6 is 11.6 Å². The number of rotatable bonds is 7. The van der Waals surface area contributed by atoms with E-state index in [-0.39, 0.29) is 16.7 Å². The van der Waals surface area contributed by atoms with Crippen LogP contribution < -0.4 is 21.1 Å². The maximum atomic E-state index is 11.7. The van der Waals surface area contributed by atoms with Crippen molar-refractivity contribution in [3.8, 4) is 11.6 Å². The van der Waals surface area contributed by atoms with Gasteiger partial charge in [0.05, 0.1) is 16.9 Å². The maximum Gasteiger partial charge on any atom is 0.319 e. The zero-order chi connectivity index (χ0) is 18.9. The number of anilines is 2. The third-order valence-corrected chi connectivity index (χ3v) is 3.29. The summed E-state index contributed by atoms with van der Waals surface area (Å²) >= 11 is 6.18. The summed E-state index contributed by atoms with van der Waals surface area (Å²) in [6, 6.07) is 4.34. The standard InChI is InChI=1S/C16H17ClN6O3/c1-3-6-19-16(24)23-13-5-4-10(7-12(13)17)26-15-11(8-22-25-2)14(18)20-9-21-15/h3-5,7-9H,1,6H2,2H3,(H2,18,20,21)(H2,19,23,24). The first-order valence-electron chi connectivity index (χ1n) is 7.35. The van der Waals surface area contributed by atoms with Crippen LogP contribution in [0.1, 0.15) is 5.56 Å². The van der Waals surface area contributed by atoms with Gasteiger partial charge in [0.25, 0.3) is 0 Å². The van der Waals surface area contributed by atoms with Gasteiger partial charge in [0.1, 0.15) is 30.6 Å². The van der Waals surface area contributed by atoms with E-state index in [1.54, 1.807) is 18.2 Å². The summed E-state index contributed by atoms with van der Waals surface area (Å²) in [5, 5.41) is 9.12. The number of aromatic nitrogens is 2. The molecule has 0 radical (unpaired) electrons. The Morgan fingerprint density at radius 1 is 1.46 bits per heavy atom. The number of carbonyl (C=O) groups excluding carboxylic acids is 1. The summed E-state index contributed by atoms with van der Waals surface area (Å²) in [6.45, 7) is 3.86. The normalized spacial score (nSPS) is 10.4. The second kappa shape index (κ2) is 9.23. The lowest BCUT2D eigenvalue weighted by atomic mass is 10.3. The summed E-state index contributed by atoms with van der Waals surface area (Å²) in [4.78, 5) is 24.2. The topological polar surface area (TPSA) is 124 Å². The molecule has 1 aromatic heterocycles. The quantitative estimate of drug-likeness (QED) is 0.388. The number of hydrogen-bond acceptors (Lipinski definition) is 7. The Morgan fingerprint density at radius 2 is 2.27 bits per heavy atom. The number of hydrogen-bond donors (Lipinski definition) is 3. The number of oxime groups is 1. The second-order valence-electron chi connectivity index (χ2n) is 4.76. The summed E-state index contributed by atoms with van der Waals surface area (Å²) < 4.78 is 5.69. The first-order valence-corrected chi connectivity index (χ1v) is 7.73. The van der Waals surface area contributed by atoms with Crippen molar-refractivity contribution in [1.82, 2.24) is 15.3 Å². The van der Waals surface area contributed by atoms with E-state index in [1.165, 1.54) is 25.7 Å². The van der Waals surface area contributed by atoms with Gasteiger partial charge in [0.2, 0.25) is 5.88 Å². The molecule has 10 heteroatoms. The first-order chi connectivity index (χ1) is 12.5. The van der Waals surface area contributed by atoms with Crippen molar-refractivity contribution in [3.05, 3.63) is 47.8 Å². The molecule has 0 aliphatic carbocycles. The molecule has 0 aliphatic rings. The lowest BCUT2D eigenvalue weighted by molar-refractivity contribution is 0.215. The van der Waals surface area contributed by atoms with Crippen LogP contribution in [0.3, 0.4) is 0 Å². The van der Waals surface area contributed by atoms with Crippen molar-refractivity contribution in [2.24, 2.45) is 5.16 Å². The fourth-order valence-corrected chi connectivity index (χ4v) is 2.02. The van der Waals surface area contributed by atoms with Gasteiger partial charge >= 0.3 is 6.03 Å². The zero-order valence-corrected chi connectivity index (χ0v) is 14.7. The number of nitrogens with one attached hydrogen (secondary N) is 2. The van der Waals surface area contributed by atoms with Crippen LogP contribution in [0.15, 0.2) is 42.3 Å². The Hall–Kier alpha value is -3.33. The summed E-state index contributed by atoms with van der Waals surface area (Å²) in [7, 11) is 1.40. The average molecular weight is 377 g/mol. The SMILES string of the molecule is C=CCNC(=O)Nc1ccc(Oc2ncnc(N)c2C=NOC)cc1Cl. The van der Waals surface area contributed by atoms with Crippen molar-refractivity contribution < 1.29 is 14.4 Å². The van der Waals surface area contributed by atoms with E-state index >= 15 is 0 Å². The highest BCUT2D eigenvalue weighted by atomic mass is 35.5. The molecule has 0 saturated carbocycles. The zero-order valence-electron chi connectivity index (χ0n) is 13.9. The van der Waals surface area contributed by atoms with Gasteiger partial charge in [-0.05, 0) is 12.1 Å². The van der Waals surface area contributed by atoms with Gasteiger partial charge in [-0.3, -0.25) is 0 Å².